The van der Waals surface area contributed by atoms with Gasteiger partial charge in [0.15, 0.2) is 0 Å². The van der Waals surface area contributed by atoms with Gasteiger partial charge in [-0.1, -0.05) is 37.3 Å². The van der Waals surface area contributed by atoms with Crippen molar-refractivity contribution >= 4 is 0 Å². The molecule has 0 aliphatic carbocycles. The lowest BCUT2D eigenvalue weighted by Gasteiger charge is -2.28. The summed E-state index contributed by atoms with van der Waals surface area (Å²) in [5.74, 6) is 0.984. The molecule has 110 valence electrons. The minimum absolute atomic E-state index is 0.301. The molecule has 1 aliphatic rings. The van der Waals surface area contributed by atoms with E-state index in [9.17, 15) is 0 Å². The largest absolute Gasteiger partial charge is 0.494 e. The van der Waals surface area contributed by atoms with E-state index in [1.807, 2.05) is 6.92 Å². The lowest BCUT2D eigenvalue weighted by atomic mass is 9.89. The van der Waals surface area contributed by atoms with Gasteiger partial charge in [-0.15, -0.1) is 0 Å². The van der Waals surface area contributed by atoms with Crippen LogP contribution in [0.15, 0.2) is 42.5 Å². The van der Waals surface area contributed by atoms with Crippen molar-refractivity contribution in [1.82, 2.24) is 5.32 Å². The summed E-state index contributed by atoms with van der Waals surface area (Å²) in [5, 5.41) is 3.64. The van der Waals surface area contributed by atoms with Gasteiger partial charge in [0, 0.05) is 6.54 Å². The topological polar surface area (TPSA) is 21.3 Å². The molecule has 1 atom stereocenters. The molecule has 0 fully saturated rings. The van der Waals surface area contributed by atoms with Crippen LogP contribution < -0.4 is 10.1 Å². The third-order valence-electron chi connectivity index (χ3n) is 4.20. The first-order valence-electron chi connectivity index (χ1n) is 7.89. The maximum atomic E-state index is 5.62. The highest BCUT2D eigenvalue weighted by Gasteiger charge is 2.21. The molecule has 2 heteroatoms. The number of benzene rings is 2. The Hall–Kier alpha value is -1.80. The first-order chi connectivity index (χ1) is 10.3. The van der Waals surface area contributed by atoms with Crippen LogP contribution in [-0.2, 0) is 12.8 Å². The second-order valence-electron chi connectivity index (χ2n) is 5.53. The number of hydrogen-bond donors (Lipinski definition) is 1. The van der Waals surface area contributed by atoms with E-state index < -0.39 is 0 Å². The Kier molecular flexibility index (Phi) is 4.26. The van der Waals surface area contributed by atoms with Gasteiger partial charge in [-0.05, 0) is 54.2 Å². The van der Waals surface area contributed by atoms with Crippen LogP contribution in [0.3, 0.4) is 0 Å². The lowest BCUT2D eigenvalue weighted by Crippen LogP contribution is -2.30. The summed E-state index contributed by atoms with van der Waals surface area (Å²) < 4.78 is 5.62. The maximum Gasteiger partial charge on any atom is 0.119 e. The highest BCUT2D eigenvalue weighted by atomic mass is 16.5. The SMILES string of the molecule is CCOc1ccc2c(c1)CCNC2c1ccc(CC)cc1. The summed E-state index contributed by atoms with van der Waals surface area (Å²) >= 11 is 0. The Bertz CT molecular complexity index is 603. The van der Waals surface area contributed by atoms with Crippen LogP contribution in [0.4, 0.5) is 0 Å². The zero-order valence-electron chi connectivity index (χ0n) is 12.9. The normalized spacial score (nSPS) is 17.3. The predicted molar refractivity (Wildman–Crippen MR) is 87.0 cm³/mol. The van der Waals surface area contributed by atoms with Crippen molar-refractivity contribution in [2.75, 3.05) is 13.2 Å². The first-order valence-corrected chi connectivity index (χ1v) is 7.89. The van der Waals surface area contributed by atoms with E-state index in [1.165, 1.54) is 22.3 Å². The number of aryl methyl sites for hydroxylation is 1. The van der Waals surface area contributed by atoms with Crippen molar-refractivity contribution in [3.8, 4) is 5.75 Å². The van der Waals surface area contributed by atoms with E-state index in [-0.39, 0.29) is 0 Å². The van der Waals surface area contributed by atoms with Crippen molar-refractivity contribution < 1.29 is 4.74 Å². The molecule has 2 nitrogen and oxygen atoms in total. The molecule has 0 saturated carbocycles. The summed E-state index contributed by atoms with van der Waals surface area (Å²) in [6, 6.07) is 15.8. The van der Waals surface area contributed by atoms with Crippen LogP contribution in [0.25, 0.3) is 0 Å². The van der Waals surface area contributed by atoms with Crippen molar-refractivity contribution in [1.29, 1.82) is 0 Å². The van der Waals surface area contributed by atoms with E-state index in [0.717, 1.165) is 31.7 Å². The summed E-state index contributed by atoms with van der Waals surface area (Å²) in [6.07, 6.45) is 2.16. The van der Waals surface area contributed by atoms with Gasteiger partial charge >= 0.3 is 0 Å². The smallest absolute Gasteiger partial charge is 0.119 e. The Morgan fingerprint density at radius 2 is 1.90 bits per heavy atom. The van der Waals surface area contributed by atoms with Crippen LogP contribution in [0.5, 0.6) is 5.75 Å². The molecule has 2 aromatic carbocycles. The van der Waals surface area contributed by atoms with E-state index >= 15 is 0 Å². The van der Waals surface area contributed by atoms with Crippen LogP contribution in [0.1, 0.15) is 42.1 Å². The Labute approximate surface area is 127 Å². The van der Waals surface area contributed by atoms with Crippen molar-refractivity contribution in [2.45, 2.75) is 32.7 Å². The fraction of sp³-hybridized carbons (Fsp3) is 0.368. The number of rotatable bonds is 4. The molecular weight excluding hydrogens is 258 g/mol. The Balaban J connectivity index is 1.92. The van der Waals surface area contributed by atoms with Crippen molar-refractivity contribution in [2.24, 2.45) is 0 Å². The van der Waals surface area contributed by atoms with Gasteiger partial charge in [-0.25, -0.2) is 0 Å². The molecule has 0 bridgehead atoms. The Morgan fingerprint density at radius 1 is 1.10 bits per heavy atom. The molecule has 1 N–H and O–H groups in total. The van der Waals surface area contributed by atoms with Gasteiger partial charge in [-0.3, -0.25) is 0 Å². The highest BCUT2D eigenvalue weighted by molar-refractivity contribution is 5.44. The van der Waals surface area contributed by atoms with Gasteiger partial charge in [0.2, 0.25) is 0 Å². The molecule has 1 unspecified atom stereocenters. The lowest BCUT2D eigenvalue weighted by molar-refractivity contribution is 0.339. The molecule has 1 aliphatic heterocycles. The van der Waals surface area contributed by atoms with Gasteiger partial charge in [0.05, 0.1) is 12.6 Å². The van der Waals surface area contributed by atoms with E-state index in [4.69, 9.17) is 4.74 Å². The molecule has 2 aromatic rings. The van der Waals surface area contributed by atoms with Gasteiger partial charge in [-0.2, -0.15) is 0 Å². The van der Waals surface area contributed by atoms with Gasteiger partial charge < -0.3 is 10.1 Å². The zero-order chi connectivity index (χ0) is 14.7. The molecule has 0 radical (unpaired) electrons. The summed E-state index contributed by atoms with van der Waals surface area (Å²) in [6.45, 7) is 5.96. The molecular formula is C19H23NO. The number of fused-ring (bicyclic) bond motifs is 1. The minimum Gasteiger partial charge on any atom is -0.494 e. The predicted octanol–water partition coefficient (Wildman–Crippen LogP) is 3.88. The molecule has 21 heavy (non-hydrogen) atoms. The van der Waals surface area contributed by atoms with E-state index in [2.05, 4.69) is 54.7 Å². The van der Waals surface area contributed by atoms with Gasteiger partial charge in [0.1, 0.15) is 5.75 Å². The molecule has 0 saturated heterocycles. The average molecular weight is 281 g/mol. The van der Waals surface area contributed by atoms with Crippen LogP contribution in [-0.4, -0.2) is 13.2 Å². The fourth-order valence-electron chi connectivity index (χ4n) is 3.04. The highest BCUT2D eigenvalue weighted by Crippen LogP contribution is 2.31. The van der Waals surface area contributed by atoms with Crippen LogP contribution in [0.2, 0.25) is 0 Å². The number of ether oxygens (including phenoxy) is 1. The van der Waals surface area contributed by atoms with Crippen LogP contribution >= 0.6 is 0 Å². The quantitative estimate of drug-likeness (QED) is 0.918. The maximum absolute atomic E-state index is 5.62. The Morgan fingerprint density at radius 3 is 2.62 bits per heavy atom. The third-order valence-corrected chi connectivity index (χ3v) is 4.20. The fourth-order valence-corrected chi connectivity index (χ4v) is 3.04. The minimum atomic E-state index is 0.301. The molecule has 3 rings (SSSR count). The van der Waals surface area contributed by atoms with Crippen LogP contribution in [0, 0.1) is 0 Å². The van der Waals surface area contributed by atoms with E-state index in [1.54, 1.807) is 0 Å². The monoisotopic (exact) mass is 281 g/mol. The first kappa shape index (κ1) is 14.2. The molecule has 0 aromatic heterocycles. The van der Waals surface area contributed by atoms with E-state index in [0.29, 0.717) is 6.04 Å². The third kappa shape index (κ3) is 2.96. The van der Waals surface area contributed by atoms with Gasteiger partial charge in [0.25, 0.3) is 0 Å². The number of nitrogens with one attached hydrogen (secondary N) is 1. The second-order valence-corrected chi connectivity index (χ2v) is 5.53. The summed E-state index contributed by atoms with van der Waals surface area (Å²) in [4.78, 5) is 0. The molecule has 0 amide bonds. The second kappa shape index (κ2) is 6.31. The molecule has 0 spiro atoms. The summed E-state index contributed by atoms with van der Waals surface area (Å²) in [7, 11) is 0. The average Bonchev–Trinajstić information content (AvgIpc) is 2.54. The standard InChI is InChI=1S/C19H23NO/c1-3-14-5-7-15(8-6-14)19-18-10-9-17(21-4-2)13-16(18)11-12-20-19/h5-10,13,19-20H,3-4,11-12H2,1-2H3. The van der Waals surface area contributed by atoms with Crippen molar-refractivity contribution in [3.63, 3.8) is 0 Å². The van der Waals surface area contributed by atoms with Crippen molar-refractivity contribution in [3.05, 3.63) is 64.7 Å². The summed E-state index contributed by atoms with van der Waals surface area (Å²) in [5.41, 5.74) is 5.53. The zero-order valence-corrected chi connectivity index (χ0v) is 12.9. The number of hydrogen-bond acceptors (Lipinski definition) is 2. The molecule has 1 heterocycles.